The number of anilines is 6. The van der Waals surface area contributed by atoms with E-state index in [0.717, 1.165) is 88.0 Å². The van der Waals surface area contributed by atoms with Crippen LogP contribution in [0, 0.1) is 25.5 Å². The van der Waals surface area contributed by atoms with E-state index >= 15 is 8.78 Å². The first-order valence-electron chi connectivity index (χ1n) is 21.6. The monoisotopic (exact) mass is 828 g/mol. The third kappa shape index (κ3) is 5.14. The minimum absolute atomic E-state index is 0.00992. The van der Waals surface area contributed by atoms with Gasteiger partial charge in [-0.25, -0.2) is 8.78 Å². The zero-order valence-electron chi connectivity index (χ0n) is 34.5. The van der Waals surface area contributed by atoms with Gasteiger partial charge in [0.15, 0.2) is 0 Å². The van der Waals surface area contributed by atoms with Gasteiger partial charge >= 0.3 is 0 Å². The van der Waals surface area contributed by atoms with E-state index in [1.54, 1.807) is 11.8 Å². The summed E-state index contributed by atoms with van der Waals surface area (Å²) in [6.07, 6.45) is 0. The topological polar surface area (TPSA) is 6.48 Å². The summed E-state index contributed by atoms with van der Waals surface area (Å²) in [5.74, 6) is -1.17. The van der Waals surface area contributed by atoms with Crippen LogP contribution in [-0.4, -0.2) is 13.4 Å². The number of halogens is 2. The molecule has 0 saturated carbocycles. The summed E-state index contributed by atoms with van der Waals surface area (Å²) in [6.45, 7) is 3.81. The Hall–Kier alpha value is -7.08. The molecule has 63 heavy (non-hydrogen) atoms. The Balaban J connectivity index is 1.27. The fourth-order valence-electron chi connectivity index (χ4n) is 11.0. The molecule has 4 aliphatic rings. The summed E-state index contributed by atoms with van der Waals surface area (Å²) in [5, 5.41) is 0. The molecule has 0 atom stereocenters. The summed E-state index contributed by atoms with van der Waals surface area (Å²) >= 11 is 1.64. The number of rotatable bonds is 4. The molecule has 0 aromatic heterocycles. The normalized spacial score (nSPS) is 13.5. The molecule has 0 N–H and O–H groups in total. The van der Waals surface area contributed by atoms with Gasteiger partial charge in [0.05, 0.1) is 16.9 Å². The van der Waals surface area contributed by atoms with Crippen LogP contribution in [0.15, 0.2) is 192 Å². The maximum atomic E-state index is 17.2. The molecular weight excluding hydrogens is 792 g/mol. The van der Waals surface area contributed by atoms with E-state index in [4.69, 9.17) is 0 Å². The van der Waals surface area contributed by atoms with Crippen LogP contribution in [0.3, 0.4) is 0 Å². The third-order valence-corrected chi connectivity index (χ3v) is 14.8. The Morgan fingerprint density at radius 1 is 0.397 bits per heavy atom. The van der Waals surface area contributed by atoms with Gasteiger partial charge < -0.3 is 9.80 Å². The molecular formula is C56H36B2F2N2S. The van der Waals surface area contributed by atoms with Crippen molar-refractivity contribution < 1.29 is 8.78 Å². The highest BCUT2D eigenvalue weighted by atomic mass is 32.2. The van der Waals surface area contributed by atoms with Crippen LogP contribution in [0.5, 0.6) is 0 Å². The van der Waals surface area contributed by atoms with Crippen LogP contribution in [0.2, 0.25) is 0 Å². The highest BCUT2D eigenvalue weighted by molar-refractivity contribution is 8.00. The van der Waals surface area contributed by atoms with E-state index < -0.39 is 11.6 Å². The smallest absolute Gasteiger partial charge is 0.252 e. The molecule has 4 aliphatic heterocycles. The van der Waals surface area contributed by atoms with Gasteiger partial charge in [-0.2, -0.15) is 0 Å². The molecule has 7 heteroatoms. The number of nitrogens with zero attached hydrogens (tertiary/aromatic N) is 2. The van der Waals surface area contributed by atoms with Crippen molar-refractivity contribution in [3.63, 3.8) is 0 Å². The molecule has 0 radical (unpaired) electrons. The number of para-hydroxylation sites is 4. The van der Waals surface area contributed by atoms with Crippen LogP contribution < -0.4 is 42.6 Å². The van der Waals surface area contributed by atoms with Gasteiger partial charge in [-0.15, -0.1) is 0 Å². The van der Waals surface area contributed by atoms with E-state index in [1.165, 1.54) is 40.3 Å². The van der Waals surface area contributed by atoms with Gasteiger partial charge in [-0.1, -0.05) is 174 Å². The molecule has 0 bridgehead atoms. The second-order valence-electron chi connectivity index (χ2n) is 17.1. The molecule has 0 saturated heterocycles. The van der Waals surface area contributed by atoms with Gasteiger partial charge in [0, 0.05) is 49.2 Å². The van der Waals surface area contributed by atoms with Crippen molar-refractivity contribution in [2.75, 3.05) is 9.80 Å². The first-order valence-corrected chi connectivity index (χ1v) is 22.4. The largest absolute Gasteiger partial charge is 0.312 e. The minimum Gasteiger partial charge on any atom is -0.312 e. The molecule has 0 unspecified atom stereocenters. The van der Waals surface area contributed by atoms with Crippen molar-refractivity contribution in [3.05, 3.63) is 205 Å². The predicted molar refractivity (Wildman–Crippen MR) is 261 cm³/mol. The fourth-order valence-corrected chi connectivity index (χ4v) is 12.3. The first kappa shape index (κ1) is 36.6. The van der Waals surface area contributed by atoms with Crippen LogP contribution in [0.25, 0.3) is 33.4 Å². The number of hydrogen-bond donors (Lipinski definition) is 0. The molecule has 296 valence electrons. The molecule has 0 amide bonds. The highest BCUT2D eigenvalue weighted by Crippen LogP contribution is 2.56. The number of fused-ring (bicyclic) bond motifs is 10. The predicted octanol–water partition coefficient (Wildman–Crippen LogP) is 11.0. The molecule has 0 fully saturated rings. The molecule has 9 aromatic rings. The molecule has 0 spiro atoms. The average Bonchev–Trinajstić information content (AvgIpc) is 3.32. The lowest BCUT2D eigenvalue weighted by atomic mass is 9.29. The van der Waals surface area contributed by atoms with Crippen LogP contribution in [0.4, 0.5) is 42.9 Å². The Labute approximate surface area is 370 Å². The van der Waals surface area contributed by atoms with Gasteiger partial charge in [0.25, 0.3) is 6.71 Å². The quantitative estimate of drug-likeness (QED) is 0.163. The zero-order valence-corrected chi connectivity index (χ0v) is 35.4. The lowest BCUT2D eigenvalue weighted by molar-refractivity contribution is 0.589. The molecule has 2 nitrogen and oxygen atoms in total. The third-order valence-electron chi connectivity index (χ3n) is 13.6. The summed E-state index contributed by atoms with van der Waals surface area (Å²) in [7, 11) is 0. The van der Waals surface area contributed by atoms with E-state index in [-0.39, 0.29) is 19.0 Å². The Morgan fingerprint density at radius 2 is 0.857 bits per heavy atom. The van der Waals surface area contributed by atoms with E-state index in [1.807, 2.05) is 0 Å². The number of hydrogen-bond acceptors (Lipinski definition) is 3. The van der Waals surface area contributed by atoms with Gasteiger partial charge in [0.1, 0.15) is 11.6 Å². The van der Waals surface area contributed by atoms with Crippen molar-refractivity contribution in [2.24, 2.45) is 0 Å². The van der Waals surface area contributed by atoms with Crippen molar-refractivity contribution in [2.45, 2.75) is 23.6 Å². The Bertz CT molecular complexity index is 3310. The van der Waals surface area contributed by atoms with Crippen molar-refractivity contribution in [1.82, 2.24) is 0 Å². The fraction of sp³-hybridized carbons (Fsp3) is 0.0357. The highest BCUT2D eigenvalue weighted by Gasteiger charge is 2.52. The van der Waals surface area contributed by atoms with E-state index in [9.17, 15) is 0 Å². The van der Waals surface area contributed by atoms with Crippen molar-refractivity contribution in [1.29, 1.82) is 0 Å². The summed E-state index contributed by atoms with van der Waals surface area (Å²) in [4.78, 5) is 6.80. The maximum Gasteiger partial charge on any atom is 0.252 e. The van der Waals surface area contributed by atoms with Crippen molar-refractivity contribution in [3.8, 4) is 33.4 Å². The van der Waals surface area contributed by atoms with E-state index in [0.29, 0.717) is 5.56 Å². The van der Waals surface area contributed by atoms with Gasteiger partial charge in [0.2, 0.25) is 6.71 Å². The summed E-state index contributed by atoms with van der Waals surface area (Å²) in [5.41, 5.74) is 19.9. The molecule has 4 heterocycles. The summed E-state index contributed by atoms with van der Waals surface area (Å²) in [6, 6.07) is 63.0. The van der Waals surface area contributed by atoms with Crippen LogP contribution in [0.1, 0.15) is 11.1 Å². The Kier molecular flexibility index (Phi) is 7.96. The number of benzene rings is 9. The van der Waals surface area contributed by atoms with Crippen molar-refractivity contribution >= 4 is 92.1 Å². The standard InChI is InChI=1S/C56H36B2F2N2S/c1-33-25-29-35(30-26-33)37-13-11-14-38(36-31-27-34(2)28-32-36)53(37)62-47-23-9-5-17-41(47)57-39-15-3-7-21-45(39)61-46-22-8-4-16-40(46)58-42-18-6-10-24-48(42)63-56-50(49-43(59)19-12-20-44(49)60)54(62)51(57)55(61)52(56)58/h3-32H,1-2H3. The Morgan fingerprint density at radius 3 is 1.41 bits per heavy atom. The van der Waals surface area contributed by atoms with Crippen LogP contribution >= 0.6 is 11.8 Å². The zero-order chi connectivity index (χ0) is 42.1. The molecule has 0 aliphatic carbocycles. The van der Waals surface area contributed by atoms with Crippen LogP contribution in [-0.2, 0) is 0 Å². The summed E-state index contributed by atoms with van der Waals surface area (Å²) < 4.78 is 34.5. The SMILES string of the molecule is Cc1ccc(-c2cccc(-c3ccc(C)cc3)c2N2c3ccccc3B3c4ccccc4N4c5ccccc5B5c6ccccc6Sc6c5c4c3c2c6-c2c(F)cccc2F)cc1. The minimum atomic E-state index is -0.587. The number of aryl methyl sites for hydroxylation is 2. The lowest BCUT2D eigenvalue weighted by Gasteiger charge is -2.50. The van der Waals surface area contributed by atoms with E-state index in [2.05, 4.69) is 187 Å². The second kappa shape index (κ2) is 13.7. The second-order valence-corrected chi connectivity index (χ2v) is 18.2. The first-order chi connectivity index (χ1) is 31.0. The molecule has 9 aromatic carbocycles. The average molecular weight is 829 g/mol. The lowest BCUT2D eigenvalue weighted by Crippen LogP contribution is -2.68. The maximum absolute atomic E-state index is 17.2. The van der Waals surface area contributed by atoms with Gasteiger partial charge in [-0.3, -0.25) is 0 Å². The molecule has 13 rings (SSSR count). The van der Waals surface area contributed by atoms with Gasteiger partial charge in [-0.05, 0) is 88.7 Å².